The molecule has 88 valence electrons. The molecule has 17 heavy (non-hydrogen) atoms. The quantitative estimate of drug-likeness (QED) is 0.830. The van der Waals surface area contributed by atoms with Gasteiger partial charge in [-0.05, 0) is 18.1 Å². The summed E-state index contributed by atoms with van der Waals surface area (Å²) in [5.41, 5.74) is 3.15. The van der Waals surface area contributed by atoms with Crippen LogP contribution in [0.2, 0.25) is 0 Å². The van der Waals surface area contributed by atoms with Crippen LogP contribution in [0.5, 0.6) is 5.75 Å². The molecule has 0 saturated carbocycles. The molecule has 0 aliphatic heterocycles. The van der Waals surface area contributed by atoms with Gasteiger partial charge in [0.05, 0.1) is 18.5 Å². The maximum absolute atomic E-state index is 11.0. The fourth-order valence-electron chi connectivity index (χ4n) is 2.62. The number of aromatic amines is 1. The molecular formula is C13H13NO3. The number of aliphatic carboxylic acids is 1. The highest BCUT2D eigenvalue weighted by molar-refractivity contribution is 5.91. The lowest BCUT2D eigenvalue weighted by molar-refractivity contribution is -0.141. The van der Waals surface area contributed by atoms with Crippen LogP contribution in [0.15, 0.2) is 18.2 Å². The van der Waals surface area contributed by atoms with E-state index < -0.39 is 5.97 Å². The van der Waals surface area contributed by atoms with E-state index in [1.165, 1.54) is 0 Å². The van der Waals surface area contributed by atoms with E-state index in [2.05, 4.69) is 4.98 Å². The van der Waals surface area contributed by atoms with Crippen LogP contribution in [0.3, 0.4) is 0 Å². The Hall–Kier alpha value is -1.97. The fourth-order valence-corrected chi connectivity index (χ4v) is 2.62. The Bertz CT molecular complexity index is 600. The maximum atomic E-state index is 11.0. The Labute approximate surface area is 98.2 Å². The molecule has 1 aliphatic carbocycles. The number of para-hydroxylation sites is 1. The van der Waals surface area contributed by atoms with Crippen LogP contribution in [0.25, 0.3) is 10.9 Å². The third-order valence-corrected chi connectivity index (χ3v) is 3.46. The highest BCUT2D eigenvalue weighted by Gasteiger charge is 2.30. The van der Waals surface area contributed by atoms with Crippen molar-refractivity contribution in [3.05, 3.63) is 29.5 Å². The van der Waals surface area contributed by atoms with Gasteiger partial charge in [0.2, 0.25) is 0 Å². The number of rotatable bonds is 2. The van der Waals surface area contributed by atoms with Crippen molar-refractivity contribution >= 4 is 16.9 Å². The zero-order valence-electron chi connectivity index (χ0n) is 9.49. The van der Waals surface area contributed by atoms with Crippen LogP contribution < -0.4 is 4.74 Å². The Morgan fingerprint density at radius 1 is 1.47 bits per heavy atom. The van der Waals surface area contributed by atoms with Crippen molar-refractivity contribution < 1.29 is 14.6 Å². The summed E-state index contributed by atoms with van der Waals surface area (Å²) in [5, 5.41) is 10.1. The lowest BCUT2D eigenvalue weighted by Crippen LogP contribution is -2.13. The molecule has 3 rings (SSSR count). The molecule has 4 nitrogen and oxygen atoms in total. The van der Waals surface area contributed by atoms with Crippen molar-refractivity contribution in [2.75, 3.05) is 7.11 Å². The van der Waals surface area contributed by atoms with Gasteiger partial charge in [-0.2, -0.15) is 0 Å². The molecule has 0 spiro atoms. The average molecular weight is 231 g/mol. The number of hydrogen-bond acceptors (Lipinski definition) is 2. The first-order valence-corrected chi connectivity index (χ1v) is 5.60. The molecule has 0 bridgehead atoms. The van der Waals surface area contributed by atoms with Crippen molar-refractivity contribution in [3.63, 3.8) is 0 Å². The van der Waals surface area contributed by atoms with Crippen LogP contribution in [-0.4, -0.2) is 23.2 Å². The van der Waals surface area contributed by atoms with E-state index in [-0.39, 0.29) is 5.92 Å². The highest BCUT2D eigenvalue weighted by atomic mass is 16.5. The Morgan fingerprint density at radius 2 is 2.29 bits per heavy atom. The smallest absolute Gasteiger partial charge is 0.307 e. The summed E-state index contributed by atoms with van der Waals surface area (Å²) >= 11 is 0. The number of nitrogens with one attached hydrogen (secondary N) is 1. The Morgan fingerprint density at radius 3 is 3.00 bits per heavy atom. The van der Waals surface area contributed by atoms with Gasteiger partial charge in [-0.25, -0.2) is 0 Å². The number of H-pyrrole nitrogens is 1. The SMILES string of the molecule is COc1cccc2c3c([nH]c12)CC(C(=O)O)C3. The number of carbonyl (C=O) groups is 1. The van der Waals surface area contributed by atoms with E-state index in [0.717, 1.165) is 27.9 Å². The van der Waals surface area contributed by atoms with Gasteiger partial charge in [0.1, 0.15) is 5.75 Å². The minimum Gasteiger partial charge on any atom is -0.495 e. The Kier molecular flexibility index (Phi) is 2.11. The van der Waals surface area contributed by atoms with Crippen molar-refractivity contribution in [1.82, 2.24) is 4.98 Å². The molecule has 1 unspecified atom stereocenters. The van der Waals surface area contributed by atoms with E-state index in [1.807, 2.05) is 18.2 Å². The third-order valence-electron chi connectivity index (χ3n) is 3.46. The minimum absolute atomic E-state index is 0.285. The molecule has 1 aromatic carbocycles. The van der Waals surface area contributed by atoms with E-state index in [9.17, 15) is 4.79 Å². The third kappa shape index (κ3) is 1.40. The summed E-state index contributed by atoms with van der Waals surface area (Å²) < 4.78 is 5.29. The van der Waals surface area contributed by atoms with Crippen LogP contribution in [-0.2, 0) is 17.6 Å². The molecule has 2 N–H and O–H groups in total. The molecule has 1 heterocycles. The standard InChI is InChI=1S/C13H13NO3/c1-17-11-4-2-3-8-9-5-7(13(15)16)6-10(9)14-12(8)11/h2-4,7,14H,5-6H2,1H3,(H,15,16). The second-order valence-corrected chi connectivity index (χ2v) is 4.41. The molecule has 2 aromatic rings. The predicted octanol–water partition coefficient (Wildman–Crippen LogP) is 1.98. The molecule has 0 radical (unpaired) electrons. The number of aromatic nitrogens is 1. The lowest BCUT2D eigenvalue weighted by Gasteiger charge is -2.04. The molecule has 1 aliphatic rings. The average Bonchev–Trinajstić information content (AvgIpc) is 2.85. The molecule has 0 amide bonds. The molecular weight excluding hydrogens is 218 g/mol. The van der Waals surface area contributed by atoms with Gasteiger partial charge in [0.25, 0.3) is 0 Å². The minimum atomic E-state index is -0.717. The van der Waals surface area contributed by atoms with Gasteiger partial charge in [0, 0.05) is 17.5 Å². The van der Waals surface area contributed by atoms with Crippen molar-refractivity contribution in [2.24, 2.45) is 5.92 Å². The van der Waals surface area contributed by atoms with Gasteiger partial charge in [-0.3, -0.25) is 4.79 Å². The van der Waals surface area contributed by atoms with E-state index in [0.29, 0.717) is 12.8 Å². The predicted molar refractivity (Wildman–Crippen MR) is 63.4 cm³/mol. The number of carboxylic acid groups (broad SMARTS) is 1. The van der Waals surface area contributed by atoms with E-state index in [4.69, 9.17) is 9.84 Å². The van der Waals surface area contributed by atoms with Crippen LogP contribution >= 0.6 is 0 Å². The van der Waals surface area contributed by atoms with Crippen LogP contribution in [0.4, 0.5) is 0 Å². The fraction of sp³-hybridized carbons (Fsp3) is 0.308. The lowest BCUT2D eigenvalue weighted by atomic mass is 10.1. The van der Waals surface area contributed by atoms with Gasteiger partial charge in [0.15, 0.2) is 0 Å². The zero-order valence-corrected chi connectivity index (χ0v) is 9.49. The van der Waals surface area contributed by atoms with Gasteiger partial charge in [-0.1, -0.05) is 12.1 Å². The highest BCUT2D eigenvalue weighted by Crippen LogP contribution is 2.36. The molecule has 1 atom stereocenters. The molecule has 4 heteroatoms. The summed E-state index contributed by atoms with van der Waals surface area (Å²) in [6, 6.07) is 5.85. The number of carboxylic acids is 1. The summed E-state index contributed by atoms with van der Waals surface area (Å²) in [4.78, 5) is 14.3. The van der Waals surface area contributed by atoms with Crippen molar-refractivity contribution in [2.45, 2.75) is 12.8 Å². The van der Waals surface area contributed by atoms with E-state index in [1.54, 1.807) is 7.11 Å². The van der Waals surface area contributed by atoms with Crippen molar-refractivity contribution in [3.8, 4) is 5.75 Å². The molecule has 0 saturated heterocycles. The summed E-state index contributed by atoms with van der Waals surface area (Å²) in [7, 11) is 1.64. The number of benzene rings is 1. The summed E-state index contributed by atoms with van der Waals surface area (Å²) in [6.07, 6.45) is 1.19. The van der Waals surface area contributed by atoms with Gasteiger partial charge >= 0.3 is 5.97 Å². The number of fused-ring (bicyclic) bond motifs is 3. The first kappa shape index (κ1) is 10.2. The second kappa shape index (κ2) is 3.52. The number of methoxy groups -OCH3 is 1. The van der Waals surface area contributed by atoms with E-state index >= 15 is 0 Å². The first-order chi connectivity index (χ1) is 8.20. The first-order valence-electron chi connectivity index (χ1n) is 5.60. The second-order valence-electron chi connectivity index (χ2n) is 4.41. The zero-order chi connectivity index (χ0) is 12.0. The summed E-state index contributed by atoms with van der Waals surface area (Å²) in [5.74, 6) is -0.193. The summed E-state index contributed by atoms with van der Waals surface area (Å²) in [6.45, 7) is 0. The monoisotopic (exact) mass is 231 g/mol. The topological polar surface area (TPSA) is 62.3 Å². The van der Waals surface area contributed by atoms with Gasteiger partial charge < -0.3 is 14.8 Å². The Balaban J connectivity index is 2.13. The van der Waals surface area contributed by atoms with Crippen LogP contribution in [0.1, 0.15) is 11.3 Å². The molecule has 1 aromatic heterocycles. The largest absolute Gasteiger partial charge is 0.495 e. The van der Waals surface area contributed by atoms with Gasteiger partial charge in [-0.15, -0.1) is 0 Å². The maximum Gasteiger partial charge on any atom is 0.307 e. The normalized spacial score (nSPS) is 18.3. The number of hydrogen-bond donors (Lipinski definition) is 2. The van der Waals surface area contributed by atoms with Crippen molar-refractivity contribution in [1.29, 1.82) is 0 Å². The van der Waals surface area contributed by atoms with Crippen LogP contribution in [0, 0.1) is 5.92 Å². The molecule has 0 fully saturated rings. The number of ether oxygens (including phenoxy) is 1.